The van der Waals surface area contributed by atoms with E-state index in [-0.39, 0.29) is 17.6 Å². The number of ether oxygens (including phenoxy) is 1. The summed E-state index contributed by atoms with van der Waals surface area (Å²) in [6, 6.07) is 5.14. The minimum absolute atomic E-state index is 0.00792. The van der Waals surface area contributed by atoms with Gasteiger partial charge in [0.1, 0.15) is 6.10 Å². The minimum atomic E-state index is -0.321. The van der Waals surface area contributed by atoms with E-state index in [0.717, 1.165) is 12.8 Å². The fourth-order valence-corrected chi connectivity index (χ4v) is 2.16. The molecule has 1 saturated heterocycles. The third-order valence-corrected chi connectivity index (χ3v) is 3.02. The van der Waals surface area contributed by atoms with Gasteiger partial charge in [-0.1, -0.05) is 0 Å². The van der Waals surface area contributed by atoms with E-state index in [0.29, 0.717) is 23.2 Å². The van der Waals surface area contributed by atoms with Gasteiger partial charge in [0.2, 0.25) is 0 Å². The molecular formula is C12H12N2O3. The topological polar surface area (TPSA) is 75.0 Å². The van der Waals surface area contributed by atoms with Crippen molar-refractivity contribution in [3.63, 3.8) is 0 Å². The van der Waals surface area contributed by atoms with E-state index in [1.54, 1.807) is 18.2 Å². The van der Waals surface area contributed by atoms with Crippen LogP contribution in [0.3, 0.4) is 0 Å². The van der Waals surface area contributed by atoms with Crippen LogP contribution in [0.4, 0.5) is 0 Å². The molecule has 88 valence electrons. The van der Waals surface area contributed by atoms with E-state index < -0.39 is 0 Å². The number of H-pyrrole nitrogens is 2. The van der Waals surface area contributed by atoms with Gasteiger partial charge in [-0.2, -0.15) is 0 Å². The lowest BCUT2D eigenvalue weighted by molar-refractivity contribution is 0.0643. The number of aromatic amines is 2. The van der Waals surface area contributed by atoms with Crippen molar-refractivity contribution in [1.29, 1.82) is 0 Å². The van der Waals surface area contributed by atoms with Gasteiger partial charge in [-0.15, -0.1) is 0 Å². The fourth-order valence-electron chi connectivity index (χ4n) is 2.16. The number of hydrogen-bond donors (Lipinski definition) is 2. The van der Waals surface area contributed by atoms with Crippen LogP contribution in [0.1, 0.15) is 23.2 Å². The zero-order valence-electron chi connectivity index (χ0n) is 9.16. The Hall–Kier alpha value is -1.88. The summed E-state index contributed by atoms with van der Waals surface area (Å²) in [4.78, 5) is 28.5. The van der Waals surface area contributed by atoms with Crippen molar-refractivity contribution in [3.05, 3.63) is 34.2 Å². The van der Waals surface area contributed by atoms with Gasteiger partial charge in [0.15, 0.2) is 5.78 Å². The Balaban J connectivity index is 1.99. The molecule has 1 aromatic carbocycles. The number of nitrogens with one attached hydrogen (secondary N) is 2. The lowest BCUT2D eigenvalue weighted by atomic mass is 10.0. The molecule has 0 saturated carbocycles. The van der Waals surface area contributed by atoms with E-state index in [4.69, 9.17) is 4.74 Å². The van der Waals surface area contributed by atoms with Crippen LogP contribution in [0.2, 0.25) is 0 Å². The fraction of sp³-hybridized carbons (Fsp3) is 0.333. The van der Waals surface area contributed by atoms with Gasteiger partial charge >= 0.3 is 5.69 Å². The number of hydrogen-bond acceptors (Lipinski definition) is 3. The summed E-state index contributed by atoms with van der Waals surface area (Å²) in [7, 11) is 0. The van der Waals surface area contributed by atoms with Crippen LogP contribution in [0.5, 0.6) is 0 Å². The highest BCUT2D eigenvalue weighted by molar-refractivity contribution is 6.01. The molecule has 1 aliphatic rings. The molecule has 5 nitrogen and oxygen atoms in total. The van der Waals surface area contributed by atoms with Crippen molar-refractivity contribution < 1.29 is 9.53 Å². The van der Waals surface area contributed by atoms with Crippen molar-refractivity contribution in [2.24, 2.45) is 0 Å². The Morgan fingerprint density at radius 3 is 2.88 bits per heavy atom. The van der Waals surface area contributed by atoms with Crippen molar-refractivity contribution in [3.8, 4) is 0 Å². The lowest BCUT2D eigenvalue weighted by Gasteiger charge is -2.07. The Bertz CT molecular complexity index is 620. The number of Topliss-reactive ketones (excluding diaryl/α,β-unsaturated/α-hetero) is 1. The van der Waals surface area contributed by atoms with Crippen LogP contribution in [-0.2, 0) is 4.74 Å². The minimum Gasteiger partial charge on any atom is -0.370 e. The number of benzene rings is 1. The van der Waals surface area contributed by atoms with Crippen LogP contribution in [0.25, 0.3) is 11.0 Å². The smallest absolute Gasteiger partial charge is 0.323 e. The zero-order chi connectivity index (χ0) is 11.8. The number of fused-ring (bicyclic) bond motifs is 1. The molecule has 0 bridgehead atoms. The first kappa shape index (κ1) is 10.3. The molecule has 0 radical (unpaired) electrons. The number of ketones is 1. The van der Waals surface area contributed by atoms with Crippen molar-refractivity contribution in [1.82, 2.24) is 9.97 Å². The highest BCUT2D eigenvalue weighted by Crippen LogP contribution is 2.19. The number of rotatable bonds is 2. The molecule has 1 unspecified atom stereocenters. The second-order valence-corrected chi connectivity index (χ2v) is 4.21. The van der Waals surface area contributed by atoms with Crippen LogP contribution >= 0.6 is 0 Å². The lowest BCUT2D eigenvalue weighted by Crippen LogP contribution is -2.19. The molecule has 3 rings (SSSR count). The summed E-state index contributed by atoms with van der Waals surface area (Å²) in [6.07, 6.45) is 1.39. The third kappa shape index (κ3) is 1.78. The average molecular weight is 232 g/mol. The van der Waals surface area contributed by atoms with Crippen molar-refractivity contribution in [2.45, 2.75) is 18.9 Å². The quantitative estimate of drug-likeness (QED) is 0.764. The summed E-state index contributed by atoms with van der Waals surface area (Å²) < 4.78 is 5.36. The maximum Gasteiger partial charge on any atom is 0.323 e. The highest BCUT2D eigenvalue weighted by Gasteiger charge is 2.24. The molecular weight excluding hydrogens is 220 g/mol. The largest absolute Gasteiger partial charge is 0.370 e. The van der Waals surface area contributed by atoms with Crippen LogP contribution in [0, 0.1) is 0 Å². The number of carbonyl (C=O) groups excluding carboxylic acids is 1. The summed E-state index contributed by atoms with van der Waals surface area (Å²) in [5.41, 5.74) is 1.68. The van der Waals surface area contributed by atoms with E-state index >= 15 is 0 Å². The molecule has 2 heterocycles. The predicted molar refractivity (Wildman–Crippen MR) is 62.2 cm³/mol. The van der Waals surface area contributed by atoms with E-state index in [1.807, 2.05) is 0 Å². The van der Waals surface area contributed by atoms with Gasteiger partial charge in [-0.05, 0) is 31.0 Å². The second kappa shape index (κ2) is 3.85. The first-order chi connectivity index (χ1) is 8.24. The average Bonchev–Trinajstić information content (AvgIpc) is 2.94. The first-order valence-corrected chi connectivity index (χ1v) is 5.62. The second-order valence-electron chi connectivity index (χ2n) is 4.21. The molecule has 1 fully saturated rings. The highest BCUT2D eigenvalue weighted by atomic mass is 16.5. The molecule has 1 atom stereocenters. The van der Waals surface area contributed by atoms with E-state index in [1.165, 1.54) is 0 Å². The molecule has 0 aliphatic carbocycles. The standard InChI is InChI=1S/C12H12N2O3/c15-11(10-2-1-5-17-10)7-3-4-8-9(6-7)14-12(16)13-8/h3-4,6,10H,1-2,5H2,(H2,13,14,16). The summed E-state index contributed by atoms with van der Waals surface area (Å²) >= 11 is 0. The number of carbonyl (C=O) groups is 1. The molecule has 2 N–H and O–H groups in total. The molecule has 2 aromatic rings. The van der Waals surface area contributed by atoms with Gasteiger partial charge in [-0.25, -0.2) is 4.79 Å². The normalized spacial score (nSPS) is 19.9. The van der Waals surface area contributed by atoms with Gasteiger partial charge in [0, 0.05) is 12.2 Å². The Morgan fingerprint density at radius 2 is 2.12 bits per heavy atom. The maximum atomic E-state index is 12.1. The Morgan fingerprint density at radius 1 is 1.29 bits per heavy atom. The van der Waals surface area contributed by atoms with Crippen molar-refractivity contribution in [2.75, 3.05) is 6.61 Å². The molecule has 1 aliphatic heterocycles. The molecule has 17 heavy (non-hydrogen) atoms. The van der Waals surface area contributed by atoms with E-state index in [9.17, 15) is 9.59 Å². The SMILES string of the molecule is O=C(c1ccc2[nH]c(=O)[nH]c2c1)C1CCCO1. The molecule has 1 aromatic heterocycles. The molecule has 5 heteroatoms. The summed E-state index contributed by atoms with van der Waals surface area (Å²) in [6.45, 7) is 0.652. The number of imidazole rings is 1. The summed E-state index contributed by atoms with van der Waals surface area (Å²) in [5, 5.41) is 0. The number of aromatic nitrogens is 2. The third-order valence-electron chi connectivity index (χ3n) is 3.02. The Kier molecular flexibility index (Phi) is 2.33. The molecule has 0 spiro atoms. The molecule has 0 amide bonds. The van der Waals surface area contributed by atoms with Gasteiger partial charge in [0.25, 0.3) is 0 Å². The van der Waals surface area contributed by atoms with Gasteiger partial charge in [0.05, 0.1) is 11.0 Å². The first-order valence-electron chi connectivity index (χ1n) is 5.62. The summed E-state index contributed by atoms with van der Waals surface area (Å²) in [5.74, 6) is -0.00792. The monoisotopic (exact) mass is 232 g/mol. The predicted octanol–water partition coefficient (Wildman–Crippen LogP) is 1.22. The maximum absolute atomic E-state index is 12.1. The van der Waals surface area contributed by atoms with Crippen LogP contribution < -0.4 is 5.69 Å². The van der Waals surface area contributed by atoms with Crippen molar-refractivity contribution >= 4 is 16.8 Å². The van der Waals surface area contributed by atoms with Gasteiger partial charge < -0.3 is 14.7 Å². The Labute approximate surface area is 96.8 Å². The van der Waals surface area contributed by atoms with Crippen LogP contribution in [-0.4, -0.2) is 28.5 Å². The van der Waals surface area contributed by atoms with Gasteiger partial charge in [-0.3, -0.25) is 4.79 Å². The van der Waals surface area contributed by atoms with E-state index in [2.05, 4.69) is 9.97 Å². The zero-order valence-corrected chi connectivity index (χ0v) is 9.16. The van der Waals surface area contributed by atoms with Crippen LogP contribution in [0.15, 0.2) is 23.0 Å².